The summed E-state index contributed by atoms with van der Waals surface area (Å²) in [6.45, 7) is 3.25. The molecule has 11 nitrogen and oxygen atoms in total. The van der Waals surface area contributed by atoms with Crippen LogP contribution >= 0.6 is 47.2 Å². The highest BCUT2D eigenvalue weighted by Crippen LogP contribution is 2.46. The number of rotatable bonds is 7. The smallest absolute Gasteiger partial charge is 0.326 e. The molecule has 0 unspecified atom stereocenters. The van der Waals surface area contributed by atoms with Gasteiger partial charge in [0.2, 0.25) is 15.9 Å². The number of hydrogen-bond donors (Lipinski definition) is 1. The van der Waals surface area contributed by atoms with Crippen LogP contribution in [0.4, 0.5) is 4.79 Å². The van der Waals surface area contributed by atoms with E-state index >= 15 is 0 Å². The molecule has 0 aromatic heterocycles. The molecule has 6 rings (SSSR count). The number of urea groups is 1. The second-order valence-corrected chi connectivity index (χ2v) is 14.3. The number of piperazine rings is 1. The van der Waals surface area contributed by atoms with E-state index in [2.05, 4.69) is 5.32 Å². The molecule has 2 atom stereocenters. The van der Waals surface area contributed by atoms with Gasteiger partial charge in [0.05, 0.1) is 36.4 Å². The van der Waals surface area contributed by atoms with Crippen molar-refractivity contribution in [1.82, 2.24) is 19.4 Å². The fourth-order valence-electron chi connectivity index (χ4n) is 5.92. The number of carbonyl (C=O) groups is 2. The highest BCUT2D eigenvalue weighted by atomic mass is 35.5. The molecular weight excluding hydrogens is 724 g/mol. The van der Waals surface area contributed by atoms with Crippen molar-refractivity contribution in [3.8, 4) is 5.75 Å². The van der Waals surface area contributed by atoms with Crippen LogP contribution in [-0.2, 0) is 19.6 Å². The number of sulfonamides is 1. The Kier molecular flexibility index (Phi) is 11.5. The molecule has 1 N–H and O–H groups in total. The number of nitrogens with zero attached hydrogens (tertiary/aromatic N) is 4. The predicted molar refractivity (Wildman–Crippen MR) is 186 cm³/mol. The highest BCUT2D eigenvalue weighted by molar-refractivity contribution is 7.89. The second-order valence-electron chi connectivity index (χ2n) is 11.1. The van der Waals surface area contributed by atoms with E-state index in [1.54, 1.807) is 31.2 Å². The van der Waals surface area contributed by atoms with E-state index in [0.29, 0.717) is 10.0 Å². The van der Waals surface area contributed by atoms with E-state index in [9.17, 15) is 18.0 Å². The van der Waals surface area contributed by atoms with Crippen molar-refractivity contribution >= 4 is 75.0 Å². The first-order valence-electron chi connectivity index (χ1n) is 15.1. The maximum Gasteiger partial charge on any atom is 0.326 e. The van der Waals surface area contributed by atoms with Gasteiger partial charge in [-0.3, -0.25) is 14.7 Å². The lowest BCUT2D eigenvalue weighted by Gasteiger charge is -2.36. The molecule has 0 radical (unpaired) electrons. The van der Waals surface area contributed by atoms with Crippen LogP contribution < -0.4 is 10.1 Å². The maximum atomic E-state index is 14.6. The first kappa shape index (κ1) is 36.2. The zero-order valence-electron chi connectivity index (χ0n) is 25.8. The molecule has 0 aliphatic carbocycles. The first-order valence-corrected chi connectivity index (χ1v) is 17.6. The summed E-state index contributed by atoms with van der Waals surface area (Å²) in [4.78, 5) is 35.0. The van der Waals surface area contributed by atoms with Crippen LogP contribution in [0.1, 0.15) is 35.7 Å². The summed E-state index contributed by atoms with van der Waals surface area (Å²) >= 11 is 19.2. The summed E-state index contributed by atoms with van der Waals surface area (Å²) in [6.07, 6.45) is 0. The Morgan fingerprint density at radius 1 is 0.979 bits per heavy atom. The normalized spacial score (nSPS) is 20.2. The van der Waals surface area contributed by atoms with Gasteiger partial charge in [-0.1, -0.05) is 59.1 Å². The molecule has 256 valence electrons. The second kappa shape index (κ2) is 15.2. The van der Waals surface area contributed by atoms with E-state index in [1.165, 1.54) is 26.2 Å². The minimum absolute atomic E-state index is 0. The van der Waals surface area contributed by atoms with Crippen LogP contribution in [0.5, 0.6) is 5.75 Å². The monoisotopic (exact) mass is 755 g/mol. The average Bonchev–Trinajstić information content (AvgIpc) is 3.46. The standard InChI is InChI=1S/C32H32Cl3N5O6S.ClH/c1-2-46-26-18-25(35)27(47(43,44)39-13-15-45-16-14-39)17-24(26)31-37-29(20-3-7-22(33)8-4-20)30(21-5-9-23(34)10-6-21)40(31)32(42)38-12-11-36-28(41)19-38;/h3-10,17-18,29-30H,2,11-16,19H2,1H3,(H,36,41);1H/t29-,30+;/m0./s1. The van der Waals surface area contributed by atoms with Gasteiger partial charge < -0.3 is 19.7 Å². The third-order valence-electron chi connectivity index (χ3n) is 8.17. The van der Waals surface area contributed by atoms with E-state index in [-0.39, 0.29) is 97.9 Å². The zero-order valence-corrected chi connectivity index (χ0v) is 29.7. The number of nitrogens with one attached hydrogen (secondary N) is 1. The van der Waals surface area contributed by atoms with Gasteiger partial charge in [0.15, 0.2) is 0 Å². The Morgan fingerprint density at radius 2 is 1.60 bits per heavy atom. The van der Waals surface area contributed by atoms with Gasteiger partial charge in [0.1, 0.15) is 29.1 Å². The van der Waals surface area contributed by atoms with Crippen LogP contribution in [0, 0.1) is 0 Å². The van der Waals surface area contributed by atoms with Gasteiger partial charge in [-0.2, -0.15) is 4.31 Å². The lowest BCUT2D eigenvalue weighted by atomic mass is 9.93. The van der Waals surface area contributed by atoms with Crippen molar-refractivity contribution in [3.05, 3.63) is 92.4 Å². The molecule has 0 bridgehead atoms. The van der Waals surface area contributed by atoms with Crippen molar-refractivity contribution in [2.24, 2.45) is 4.99 Å². The predicted octanol–water partition coefficient (Wildman–Crippen LogP) is 5.58. The Labute approximate surface area is 300 Å². The number of amides is 3. The van der Waals surface area contributed by atoms with Crippen LogP contribution in [0.3, 0.4) is 0 Å². The molecular formula is C32H33Cl4N5O6S. The van der Waals surface area contributed by atoms with Crippen LogP contribution in [-0.4, -0.2) is 92.8 Å². The molecule has 3 aromatic rings. The van der Waals surface area contributed by atoms with Gasteiger partial charge in [0.25, 0.3) is 0 Å². The Bertz CT molecular complexity index is 1800. The molecule has 48 heavy (non-hydrogen) atoms. The highest BCUT2D eigenvalue weighted by Gasteiger charge is 2.45. The average molecular weight is 758 g/mol. The zero-order chi connectivity index (χ0) is 33.3. The third-order valence-corrected chi connectivity index (χ3v) is 11.0. The number of hydrogen-bond acceptors (Lipinski definition) is 7. The Morgan fingerprint density at radius 3 is 2.21 bits per heavy atom. The van der Waals surface area contributed by atoms with Crippen molar-refractivity contribution in [1.29, 1.82) is 0 Å². The fraction of sp³-hybridized carbons (Fsp3) is 0.344. The van der Waals surface area contributed by atoms with E-state index < -0.39 is 28.1 Å². The summed E-state index contributed by atoms with van der Waals surface area (Å²) in [7, 11) is -4.07. The van der Waals surface area contributed by atoms with E-state index in [0.717, 1.165) is 11.1 Å². The van der Waals surface area contributed by atoms with Crippen molar-refractivity contribution < 1.29 is 27.5 Å². The van der Waals surface area contributed by atoms with Crippen molar-refractivity contribution in [2.45, 2.75) is 23.9 Å². The topological polar surface area (TPSA) is 121 Å². The van der Waals surface area contributed by atoms with E-state index in [1.807, 2.05) is 24.3 Å². The summed E-state index contributed by atoms with van der Waals surface area (Å²) in [5, 5.41) is 3.76. The van der Waals surface area contributed by atoms with Crippen LogP contribution in [0.15, 0.2) is 70.6 Å². The van der Waals surface area contributed by atoms with Gasteiger partial charge in [-0.05, 0) is 48.4 Å². The van der Waals surface area contributed by atoms with Gasteiger partial charge in [-0.15, -0.1) is 12.4 Å². The number of ether oxygens (including phenoxy) is 2. The quantitative estimate of drug-likeness (QED) is 0.336. The van der Waals surface area contributed by atoms with Crippen molar-refractivity contribution in [2.75, 3.05) is 52.5 Å². The minimum Gasteiger partial charge on any atom is -0.493 e. The molecule has 2 saturated heterocycles. The number of carbonyl (C=O) groups excluding carboxylic acids is 2. The number of amidine groups is 1. The third kappa shape index (κ3) is 7.25. The molecule has 3 aliphatic rings. The molecule has 2 fully saturated rings. The largest absolute Gasteiger partial charge is 0.493 e. The van der Waals surface area contributed by atoms with Crippen LogP contribution in [0.25, 0.3) is 0 Å². The lowest BCUT2D eigenvalue weighted by molar-refractivity contribution is -0.123. The van der Waals surface area contributed by atoms with Crippen molar-refractivity contribution in [3.63, 3.8) is 0 Å². The fourth-order valence-corrected chi connectivity index (χ4v) is 8.10. The lowest BCUT2D eigenvalue weighted by Crippen LogP contribution is -2.55. The number of aliphatic imine (C=N–C) groups is 1. The number of morpholine rings is 1. The van der Waals surface area contributed by atoms with Gasteiger partial charge >= 0.3 is 6.03 Å². The summed E-state index contributed by atoms with van der Waals surface area (Å²) in [6, 6.07) is 15.2. The summed E-state index contributed by atoms with van der Waals surface area (Å²) in [5.41, 5.74) is 1.73. The molecule has 16 heteroatoms. The van der Waals surface area contributed by atoms with E-state index in [4.69, 9.17) is 49.3 Å². The molecule has 0 saturated carbocycles. The number of benzene rings is 3. The minimum atomic E-state index is -4.07. The first-order chi connectivity index (χ1) is 22.6. The molecule has 3 amide bonds. The SMILES string of the molecule is CCOc1cc(Cl)c(S(=O)(=O)N2CCOCC2)cc1C1=N[C@@H](c2ccc(Cl)cc2)[C@@H](c2ccc(Cl)cc2)N1C(=O)N1CCNC(=O)C1.Cl. The summed E-state index contributed by atoms with van der Waals surface area (Å²) < 4.78 is 40.5. The molecule has 3 aliphatic heterocycles. The Balaban J connectivity index is 0.00000451. The van der Waals surface area contributed by atoms with Crippen LogP contribution in [0.2, 0.25) is 15.1 Å². The molecule has 0 spiro atoms. The maximum absolute atomic E-state index is 14.6. The molecule has 3 heterocycles. The van der Waals surface area contributed by atoms with Gasteiger partial charge in [0, 0.05) is 42.3 Å². The Hall–Kier alpha value is -3.10. The summed E-state index contributed by atoms with van der Waals surface area (Å²) in [5.74, 6) is 0.123. The molecule has 3 aromatic carbocycles. The van der Waals surface area contributed by atoms with Gasteiger partial charge in [-0.25, -0.2) is 13.2 Å². The number of halogens is 4.